The minimum absolute atomic E-state index is 0.274. The number of nitrogens with zero attached hydrogens (tertiary/aromatic N) is 3. The third kappa shape index (κ3) is 3.01. The molecule has 0 saturated carbocycles. The molecule has 4 rings (SSSR count). The van der Waals surface area contributed by atoms with Crippen LogP contribution in [0.15, 0.2) is 36.7 Å². The van der Waals surface area contributed by atoms with Crippen molar-refractivity contribution in [1.82, 2.24) is 19.7 Å². The number of aromatic nitrogens is 3. The number of rotatable bonds is 4. The second-order valence-corrected chi connectivity index (χ2v) is 6.30. The zero-order valence-corrected chi connectivity index (χ0v) is 14.3. The lowest BCUT2D eigenvalue weighted by Gasteiger charge is -2.15. The SMILES string of the molecule is COc1cc2ncc(-c3cccc(N[C@H]4CNC[C@@H]4F)n3)n2cc1Cl. The van der Waals surface area contributed by atoms with E-state index >= 15 is 0 Å². The number of imidazole rings is 1. The first kappa shape index (κ1) is 16.1. The number of ether oxygens (including phenoxy) is 1. The Bertz CT molecular complexity index is 915. The third-order valence-corrected chi connectivity index (χ3v) is 4.55. The van der Waals surface area contributed by atoms with Gasteiger partial charge in [0.05, 0.1) is 35.8 Å². The lowest BCUT2D eigenvalue weighted by molar-refractivity contribution is 0.342. The van der Waals surface area contributed by atoms with Gasteiger partial charge in [0, 0.05) is 25.4 Å². The van der Waals surface area contributed by atoms with Crippen molar-refractivity contribution < 1.29 is 9.13 Å². The number of pyridine rings is 2. The first-order valence-electron chi connectivity index (χ1n) is 7.95. The maximum Gasteiger partial charge on any atom is 0.142 e. The molecule has 8 heteroatoms. The van der Waals surface area contributed by atoms with Crippen LogP contribution < -0.4 is 15.4 Å². The molecule has 130 valence electrons. The molecule has 2 N–H and O–H groups in total. The van der Waals surface area contributed by atoms with Crippen molar-refractivity contribution >= 4 is 23.1 Å². The Kier molecular flexibility index (Phi) is 4.19. The summed E-state index contributed by atoms with van der Waals surface area (Å²) in [5.41, 5.74) is 2.23. The Morgan fingerprint density at radius 2 is 2.28 bits per heavy atom. The van der Waals surface area contributed by atoms with Gasteiger partial charge in [-0.05, 0) is 12.1 Å². The van der Waals surface area contributed by atoms with Crippen LogP contribution in [0.2, 0.25) is 5.02 Å². The van der Waals surface area contributed by atoms with E-state index in [0.29, 0.717) is 35.3 Å². The standard InChI is InChI=1S/C17H17ClFN5O/c1-25-15-5-17-21-8-14(24(17)9-10(15)18)12-3-2-4-16(22-12)23-13-7-20-6-11(13)19/h2-5,8-9,11,13,20H,6-7H2,1H3,(H,22,23)/t11-,13-/m0/s1. The van der Waals surface area contributed by atoms with Gasteiger partial charge in [0.15, 0.2) is 0 Å². The molecular formula is C17H17ClFN5O. The van der Waals surface area contributed by atoms with E-state index in [1.54, 1.807) is 25.6 Å². The molecule has 0 aliphatic carbocycles. The van der Waals surface area contributed by atoms with Gasteiger partial charge in [0.1, 0.15) is 23.4 Å². The number of alkyl halides is 1. The first-order chi connectivity index (χ1) is 12.2. The van der Waals surface area contributed by atoms with Crippen molar-refractivity contribution in [2.24, 2.45) is 0 Å². The normalized spacial score (nSPS) is 20.1. The van der Waals surface area contributed by atoms with E-state index in [0.717, 1.165) is 11.4 Å². The summed E-state index contributed by atoms with van der Waals surface area (Å²) < 4.78 is 20.9. The fraction of sp³-hybridized carbons (Fsp3) is 0.294. The summed E-state index contributed by atoms with van der Waals surface area (Å²) in [6.45, 7) is 0.947. The van der Waals surface area contributed by atoms with Crippen molar-refractivity contribution in [3.63, 3.8) is 0 Å². The van der Waals surface area contributed by atoms with Crippen LogP contribution in [-0.2, 0) is 0 Å². The molecule has 3 aromatic heterocycles. The van der Waals surface area contributed by atoms with Gasteiger partial charge in [-0.1, -0.05) is 17.7 Å². The number of methoxy groups -OCH3 is 1. The number of hydrogen-bond acceptors (Lipinski definition) is 5. The predicted molar refractivity (Wildman–Crippen MR) is 95.2 cm³/mol. The van der Waals surface area contributed by atoms with Gasteiger partial charge in [-0.3, -0.25) is 4.40 Å². The van der Waals surface area contributed by atoms with Gasteiger partial charge in [0.2, 0.25) is 0 Å². The smallest absolute Gasteiger partial charge is 0.142 e. The molecule has 1 saturated heterocycles. The topological polar surface area (TPSA) is 63.5 Å². The zero-order valence-electron chi connectivity index (χ0n) is 13.5. The summed E-state index contributed by atoms with van der Waals surface area (Å²) in [5.74, 6) is 1.20. The fourth-order valence-electron chi connectivity index (χ4n) is 2.96. The first-order valence-corrected chi connectivity index (χ1v) is 8.33. The summed E-state index contributed by atoms with van der Waals surface area (Å²) in [6, 6.07) is 7.08. The summed E-state index contributed by atoms with van der Waals surface area (Å²) in [7, 11) is 1.56. The van der Waals surface area contributed by atoms with Crippen LogP contribution in [0.25, 0.3) is 17.0 Å². The maximum atomic E-state index is 13.8. The predicted octanol–water partition coefficient (Wildman–Crippen LogP) is 2.78. The third-order valence-electron chi connectivity index (χ3n) is 4.27. The van der Waals surface area contributed by atoms with Crippen LogP contribution in [0.5, 0.6) is 5.75 Å². The quantitative estimate of drug-likeness (QED) is 0.748. The molecule has 1 aliphatic rings. The maximum absolute atomic E-state index is 13.8. The number of halogens is 2. The van der Waals surface area contributed by atoms with E-state index in [2.05, 4.69) is 20.6 Å². The Balaban J connectivity index is 1.69. The average Bonchev–Trinajstić information content (AvgIpc) is 3.20. The highest BCUT2D eigenvalue weighted by Crippen LogP contribution is 2.29. The highest BCUT2D eigenvalue weighted by atomic mass is 35.5. The van der Waals surface area contributed by atoms with E-state index in [4.69, 9.17) is 16.3 Å². The van der Waals surface area contributed by atoms with Gasteiger partial charge < -0.3 is 15.4 Å². The molecule has 1 aliphatic heterocycles. The molecule has 4 heterocycles. The van der Waals surface area contributed by atoms with Gasteiger partial charge in [-0.2, -0.15) is 0 Å². The molecule has 1 fully saturated rings. The van der Waals surface area contributed by atoms with E-state index < -0.39 is 6.17 Å². The van der Waals surface area contributed by atoms with Crippen LogP contribution in [0, 0.1) is 0 Å². The summed E-state index contributed by atoms with van der Waals surface area (Å²) in [6.07, 6.45) is 2.55. The fourth-order valence-corrected chi connectivity index (χ4v) is 3.19. The summed E-state index contributed by atoms with van der Waals surface area (Å²) in [4.78, 5) is 8.98. The molecule has 0 unspecified atom stereocenters. The number of anilines is 1. The Hall–Kier alpha value is -2.38. The van der Waals surface area contributed by atoms with E-state index in [1.807, 2.05) is 22.6 Å². The van der Waals surface area contributed by atoms with Crippen molar-refractivity contribution in [2.45, 2.75) is 12.2 Å². The van der Waals surface area contributed by atoms with Crippen LogP contribution in [0.3, 0.4) is 0 Å². The van der Waals surface area contributed by atoms with Gasteiger partial charge in [0.25, 0.3) is 0 Å². The molecule has 0 amide bonds. The van der Waals surface area contributed by atoms with Crippen molar-refractivity contribution in [2.75, 3.05) is 25.5 Å². The molecular weight excluding hydrogens is 345 g/mol. The lowest BCUT2D eigenvalue weighted by Crippen LogP contribution is -2.29. The monoisotopic (exact) mass is 361 g/mol. The van der Waals surface area contributed by atoms with Crippen molar-refractivity contribution in [3.05, 3.63) is 41.7 Å². The largest absolute Gasteiger partial charge is 0.495 e. The lowest BCUT2D eigenvalue weighted by atomic mass is 10.2. The number of hydrogen-bond donors (Lipinski definition) is 2. The molecule has 6 nitrogen and oxygen atoms in total. The van der Waals surface area contributed by atoms with Crippen molar-refractivity contribution in [1.29, 1.82) is 0 Å². The van der Waals surface area contributed by atoms with E-state index in [-0.39, 0.29) is 6.04 Å². The molecule has 0 radical (unpaired) electrons. The van der Waals surface area contributed by atoms with Crippen LogP contribution >= 0.6 is 11.6 Å². The number of fused-ring (bicyclic) bond motifs is 1. The highest BCUT2D eigenvalue weighted by molar-refractivity contribution is 6.32. The molecule has 2 atom stereocenters. The minimum atomic E-state index is -0.924. The molecule has 0 bridgehead atoms. The van der Waals surface area contributed by atoms with E-state index in [9.17, 15) is 4.39 Å². The van der Waals surface area contributed by atoms with Gasteiger partial charge >= 0.3 is 0 Å². The molecule has 25 heavy (non-hydrogen) atoms. The summed E-state index contributed by atoms with van der Waals surface area (Å²) in [5, 5.41) is 6.65. The van der Waals surface area contributed by atoms with Gasteiger partial charge in [-0.25, -0.2) is 14.4 Å². The van der Waals surface area contributed by atoms with Gasteiger partial charge in [-0.15, -0.1) is 0 Å². The number of nitrogens with one attached hydrogen (secondary N) is 2. The Labute approximate surface area is 149 Å². The molecule has 3 aromatic rings. The van der Waals surface area contributed by atoms with Crippen LogP contribution in [0.1, 0.15) is 0 Å². The highest BCUT2D eigenvalue weighted by Gasteiger charge is 2.26. The Morgan fingerprint density at radius 3 is 3.04 bits per heavy atom. The summed E-state index contributed by atoms with van der Waals surface area (Å²) >= 11 is 6.23. The Morgan fingerprint density at radius 1 is 1.40 bits per heavy atom. The minimum Gasteiger partial charge on any atom is -0.495 e. The van der Waals surface area contributed by atoms with E-state index in [1.165, 1.54) is 0 Å². The molecule has 0 spiro atoms. The van der Waals surface area contributed by atoms with Crippen molar-refractivity contribution in [3.8, 4) is 17.1 Å². The zero-order chi connectivity index (χ0) is 17.4. The van der Waals surface area contributed by atoms with Crippen LogP contribution in [0.4, 0.5) is 10.2 Å². The average molecular weight is 362 g/mol. The van der Waals surface area contributed by atoms with Crippen LogP contribution in [-0.4, -0.2) is 46.8 Å². The second-order valence-electron chi connectivity index (χ2n) is 5.89. The second kappa shape index (κ2) is 6.50. The molecule has 0 aromatic carbocycles.